The van der Waals surface area contributed by atoms with Crippen molar-refractivity contribution in [3.8, 4) is 0 Å². The molecule has 0 spiro atoms. The van der Waals surface area contributed by atoms with Gasteiger partial charge in [-0.25, -0.2) is 17.8 Å². The molecule has 200 valence electrons. The summed E-state index contributed by atoms with van der Waals surface area (Å²) in [6, 6.07) is 9.88. The molecular formula is C25H25ClN4O6S2. The highest BCUT2D eigenvalue weighted by molar-refractivity contribution is 7.91. The van der Waals surface area contributed by atoms with Gasteiger partial charge in [-0.1, -0.05) is 17.7 Å². The van der Waals surface area contributed by atoms with Gasteiger partial charge in [-0.3, -0.25) is 9.59 Å². The number of hydrogen-bond acceptors (Lipinski definition) is 7. The maximum atomic E-state index is 13.3. The molecule has 1 N–H and O–H groups in total. The zero-order chi connectivity index (χ0) is 27.4. The fraction of sp³-hybridized carbons (Fsp3) is 0.320. The Labute approximate surface area is 227 Å². The number of aromatic nitrogens is 2. The van der Waals surface area contributed by atoms with Gasteiger partial charge in [-0.15, -0.1) is 11.3 Å². The van der Waals surface area contributed by atoms with Crippen molar-refractivity contribution in [2.24, 2.45) is 0 Å². The lowest BCUT2D eigenvalue weighted by Crippen LogP contribution is -2.51. The minimum Gasteiger partial charge on any atom is -0.443 e. The van der Waals surface area contributed by atoms with Crippen LogP contribution in [0.5, 0.6) is 0 Å². The molecule has 4 heterocycles. The number of carbonyl (C=O) groups is 2. The number of piperazine rings is 1. The third kappa shape index (κ3) is 4.96. The molecule has 0 atom stereocenters. The van der Waals surface area contributed by atoms with Gasteiger partial charge < -0.3 is 14.6 Å². The van der Waals surface area contributed by atoms with Crippen LogP contribution < -0.4 is 5.56 Å². The number of halogens is 1. The van der Waals surface area contributed by atoms with Crippen molar-refractivity contribution < 1.29 is 22.7 Å². The minimum atomic E-state index is -3.90. The molecule has 5 rings (SSSR count). The highest BCUT2D eigenvalue weighted by atomic mass is 35.5. The number of amides is 1. The largest absolute Gasteiger partial charge is 0.443 e. The van der Waals surface area contributed by atoms with Gasteiger partial charge in [-0.05, 0) is 56.5 Å². The molecule has 1 amide bonds. The molecule has 0 unspecified atom stereocenters. The van der Waals surface area contributed by atoms with E-state index < -0.39 is 27.6 Å². The van der Waals surface area contributed by atoms with E-state index in [9.17, 15) is 22.8 Å². The van der Waals surface area contributed by atoms with Crippen LogP contribution in [0.1, 0.15) is 26.5 Å². The summed E-state index contributed by atoms with van der Waals surface area (Å²) in [5.41, 5.74) is -0.411. The van der Waals surface area contributed by atoms with E-state index >= 15 is 0 Å². The fourth-order valence-corrected chi connectivity index (χ4v) is 7.54. The van der Waals surface area contributed by atoms with Crippen molar-refractivity contribution in [2.75, 3.05) is 19.6 Å². The quantitative estimate of drug-likeness (QED) is 0.392. The number of ether oxygens (including phenoxy) is 1. The van der Waals surface area contributed by atoms with Crippen LogP contribution in [0.3, 0.4) is 0 Å². The molecule has 0 radical (unpaired) electrons. The zero-order valence-corrected chi connectivity index (χ0v) is 23.2. The van der Waals surface area contributed by atoms with Gasteiger partial charge in [0.2, 0.25) is 5.91 Å². The monoisotopic (exact) mass is 576 g/mol. The molecule has 4 aromatic rings. The molecule has 1 fully saturated rings. The predicted molar refractivity (Wildman–Crippen MR) is 145 cm³/mol. The van der Waals surface area contributed by atoms with Crippen molar-refractivity contribution in [1.29, 1.82) is 0 Å². The van der Waals surface area contributed by atoms with Crippen LogP contribution in [-0.4, -0.2) is 64.4 Å². The number of H-pyrrole nitrogens is 1. The van der Waals surface area contributed by atoms with Crippen LogP contribution in [0.4, 0.5) is 4.79 Å². The predicted octanol–water partition coefficient (Wildman–Crippen LogP) is 4.01. The van der Waals surface area contributed by atoms with Gasteiger partial charge >= 0.3 is 6.09 Å². The maximum absolute atomic E-state index is 13.3. The number of hydrogen-bond donors (Lipinski definition) is 1. The summed E-state index contributed by atoms with van der Waals surface area (Å²) in [4.78, 5) is 42.6. The summed E-state index contributed by atoms with van der Waals surface area (Å²) in [5, 5.41) is 1.55. The summed E-state index contributed by atoms with van der Waals surface area (Å²) < 4.78 is 35.5. The lowest BCUT2D eigenvalue weighted by Gasteiger charge is -2.33. The lowest BCUT2D eigenvalue weighted by molar-refractivity contribution is -0.134. The van der Waals surface area contributed by atoms with Crippen LogP contribution in [-0.2, 0) is 26.1 Å². The number of rotatable bonds is 4. The van der Waals surface area contributed by atoms with Crippen LogP contribution >= 0.6 is 22.9 Å². The first-order chi connectivity index (χ1) is 17.8. The van der Waals surface area contributed by atoms with Crippen molar-refractivity contribution >= 4 is 66.0 Å². The Morgan fingerprint density at radius 1 is 1.13 bits per heavy atom. The summed E-state index contributed by atoms with van der Waals surface area (Å²) in [6.07, 6.45) is 0.762. The van der Waals surface area contributed by atoms with E-state index in [2.05, 4.69) is 4.98 Å². The van der Waals surface area contributed by atoms with E-state index in [1.54, 1.807) is 57.2 Å². The first-order valence-corrected chi connectivity index (χ1v) is 14.4. The molecule has 1 aliphatic heterocycles. The molecule has 1 aliphatic rings. The van der Waals surface area contributed by atoms with Crippen LogP contribution in [0, 0.1) is 0 Å². The first-order valence-electron chi connectivity index (χ1n) is 11.8. The van der Waals surface area contributed by atoms with E-state index in [-0.39, 0.29) is 41.3 Å². The third-order valence-electron chi connectivity index (χ3n) is 6.08. The fourth-order valence-electron chi connectivity index (χ4n) is 4.33. The second-order valence-corrected chi connectivity index (χ2v) is 13.6. The number of benzene rings is 1. The Kier molecular flexibility index (Phi) is 6.62. The molecule has 0 bridgehead atoms. The van der Waals surface area contributed by atoms with E-state index in [1.165, 1.54) is 15.7 Å². The number of aromatic amines is 1. The van der Waals surface area contributed by atoms with Crippen LogP contribution in [0.15, 0.2) is 51.6 Å². The number of sulfonamides is 1. The van der Waals surface area contributed by atoms with E-state index in [4.69, 9.17) is 16.3 Å². The molecule has 0 aliphatic carbocycles. The number of pyridine rings is 1. The van der Waals surface area contributed by atoms with Gasteiger partial charge in [0.05, 0.1) is 24.0 Å². The average molecular weight is 577 g/mol. The Hall–Kier alpha value is -3.19. The molecule has 10 nitrogen and oxygen atoms in total. The molecule has 0 saturated carbocycles. The topological polar surface area (TPSA) is 122 Å². The van der Waals surface area contributed by atoms with Crippen molar-refractivity contribution in [1.82, 2.24) is 18.8 Å². The Morgan fingerprint density at radius 3 is 2.61 bits per heavy atom. The SMILES string of the molecule is CC(C)(C)OC(=O)n1c(CN2CCN(S(=O)(=O)c3cc4ccc(Cl)cc4s3)CC2=O)cc2c(=O)[nH]ccc21. The number of thiophene rings is 1. The summed E-state index contributed by atoms with van der Waals surface area (Å²) >= 11 is 7.14. The van der Waals surface area contributed by atoms with Gasteiger partial charge in [0.15, 0.2) is 0 Å². The second-order valence-electron chi connectivity index (χ2n) is 9.96. The van der Waals surface area contributed by atoms with Crippen molar-refractivity contribution in [3.05, 3.63) is 63.7 Å². The Morgan fingerprint density at radius 2 is 1.89 bits per heavy atom. The number of carbonyl (C=O) groups excluding carboxylic acids is 2. The number of fused-ring (bicyclic) bond motifs is 2. The summed E-state index contributed by atoms with van der Waals surface area (Å²) in [6.45, 7) is 5.05. The van der Waals surface area contributed by atoms with Gasteiger partial charge in [0, 0.05) is 34.7 Å². The van der Waals surface area contributed by atoms with Gasteiger partial charge in [0.1, 0.15) is 9.81 Å². The normalized spacial score (nSPS) is 15.5. The molecule has 1 saturated heterocycles. The third-order valence-corrected chi connectivity index (χ3v) is 9.71. The molecule has 3 aromatic heterocycles. The van der Waals surface area contributed by atoms with Crippen molar-refractivity contribution in [2.45, 2.75) is 37.1 Å². The molecular weight excluding hydrogens is 552 g/mol. The standard InChI is InChI=1S/C25H25ClN4O6S2/c1-25(2,3)36-24(33)30-17(12-18-19(30)6-7-27-23(18)32)13-28-8-9-29(14-21(28)31)38(34,35)22-10-15-4-5-16(26)11-20(15)37-22/h4-7,10-12H,8-9,13-14H2,1-3H3,(H,27,32). The van der Waals surface area contributed by atoms with E-state index in [1.807, 2.05) is 0 Å². The Bertz CT molecular complexity index is 1750. The lowest BCUT2D eigenvalue weighted by atomic mass is 10.2. The number of nitrogens with one attached hydrogen (secondary N) is 1. The minimum absolute atomic E-state index is 0.00146. The molecule has 1 aromatic carbocycles. The number of nitrogens with zero attached hydrogens (tertiary/aromatic N) is 3. The van der Waals surface area contributed by atoms with Crippen LogP contribution in [0.25, 0.3) is 21.0 Å². The highest BCUT2D eigenvalue weighted by Crippen LogP contribution is 2.33. The van der Waals surface area contributed by atoms with Crippen LogP contribution in [0.2, 0.25) is 5.02 Å². The summed E-state index contributed by atoms with van der Waals surface area (Å²) in [7, 11) is -3.90. The van der Waals surface area contributed by atoms with E-state index in [0.29, 0.717) is 16.2 Å². The maximum Gasteiger partial charge on any atom is 0.419 e. The van der Waals surface area contributed by atoms with Crippen molar-refractivity contribution in [3.63, 3.8) is 0 Å². The smallest absolute Gasteiger partial charge is 0.419 e. The summed E-state index contributed by atoms with van der Waals surface area (Å²) in [5.74, 6) is -0.418. The molecule has 13 heteroatoms. The average Bonchev–Trinajstić information content (AvgIpc) is 3.41. The van der Waals surface area contributed by atoms with Gasteiger partial charge in [0.25, 0.3) is 15.6 Å². The van der Waals surface area contributed by atoms with Gasteiger partial charge in [-0.2, -0.15) is 4.31 Å². The first kappa shape index (κ1) is 26.4. The Balaban J connectivity index is 1.39. The second kappa shape index (κ2) is 9.53. The zero-order valence-electron chi connectivity index (χ0n) is 20.9. The highest BCUT2D eigenvalue weighted by Gasteiger charge is 2.35. The molecule has 38 heavy (non-hydrogen) atoms. The van der Waals surface area contributed by atoms with E-state index in [0.717, 1.165) is 25.7 Å².